The Morgan fingerprint density at radius 3 is 2.69 bits per heavy atom. The van der Waals surface area contributed by atoms with Gasteiger partial charge in [-0.05, 0) is 45.5 Å². The molecule has 0 atom stereocenters. The molecule has 0 spiro atoms. The quantitative estimate of drug-likeness (QED) is 0.386. The second-order valence-electron chi connectivity index (χ2n) is 9.26. The molecule has 0 unspecified atom stereocenters. The van der Waals surface area contributed by atoms with Gasteiger partial charge < -0.3 is 16.0 Å². The van der Waals surface area contributed by atoms with E-state index in [0.717, 1.165) is 46.6 Å². The standard InChI is InChI=1S/C26H34N8O/c1-17(2)34-25-23(15-30-34)22(26(35)28-13-21-14-29-33(5)18(21)3)12-24(31-25)20-8-6-7-19(11-20)16-32(4)10-9-27/h6-8,11-12,14-15,17H,9-10,13,16,27H2,1-5H3,(H,28,35). The number of benzene rings is 1. The zero-order valence-electron chi connectivity index (χ0n) is 21.1. The summed E-state index contributed by atoms with van der Waals surface area (Å²) in [4.78, 5) is 20.5. The molecule has 0 aliphatic rings. The summed E-state index contributed by atoms with van der Waals surface area (Å²) in [6.45, 7) is 8.72. The van der Waals surface area contributed by atoms with Gasteiger partial charge in [-0.3, -0.25) is 9.48 Å². The lowest BCUT2D eigenvalue weighted by molar-refractivity contribution is 0.0952. The Hall–Kier alpha value is -3.56. The lowest BCUT2D eigenvalue weighted by atomic mass is 10.0. The molecule has 35 heavy (non-hydrogen) atoms. The minimum absolute atomic E-state index is 0.112. The number of nitrogens with one attached hydrogen (secondary N) is 1. The van der Waals surface area contributed by atoms with E-state index in [4.69, 9.17) is 10.7 Å². The van der Waals surface area contributed by atoms with Crippen LogP contribution in [-0.2, 0) is 20.1 Å². The van der Waals surface area contributed by atoms with Gasteiger partial charge in [0.15, 0.2) is 5.65 Å². The van der Waals surface area contributed by atoms with Crippen LogP contribution in [0.3, 0.4) is 0 Å². The second-order valence-corrected chi connectivity index (χ2v) is 9.26. The van der Waals surface area contributed by atoms with E-state index in [1.54, 1.807) is 17.1 Å². The maximum Gasteiger partial charge on any atom is 0.252 e. The van der Waals surface area contributed by atoms with Crippen LogP contribution in [0.25, 0.3) is 22.3 Å². The molecule has 0 radical (unpaired) electrons. The molecule has 1 amide bonds. The van der Waals surface area contributed by atoms with Crippen molar-refractivity contribution in [3.63, 3.8) is 0 Å². The molecule has 3 N–H and O–H groups in total. The predicted molar refractivity (Wildman–Crippen MR) is 138 cm³/mol. The first kappa shape index (κ1) is 24.6. The van der Waals surface area contributed by atoms with E-state index in [9.17, 15) is 4.79 Å². The van der Waals surface area contributed by atoms with Crippen LogP contribution >= 0.6 is 0 Å². The number of likely N-dealkylation sites (N-methyl/N-ethyl adjacent to an activating group) is 1. The van der Waals surface area contributed by atoms with Crippen LogP contribution in [0, 0.1) is 6.92 Å². The summed E-state index contributed by atoms with van der Waals surface area (Å²) >= 11 is 0. The molecule has 1 aromatic carbocycles. The predicted octanol–water partition coefficient (Wildman–Crippen LogP) is 3.04. The van der Waals surface area contributed by atoms with Crippen molar-refractivity contribution in [2.45, 2.75) is 39.9 Å². The number of pyridine rings is 1. The minimum Gasteiger partial charge on any atom is -0.348 e. The fraction of sp³-hybridized carbons (Fsp3) is 0.385. The molecule has 0 bridgehead atoms. The fourth-order valence-corrected chi connectivity index (χ4v) is 4.16. The number of hydrogen-bond donors (Lipinski definition) is 2. The van der Waals surface area contributed by atoms with Crippen molar-refractivity contribution >= 4 is 16.9 Å². The summed E-state index contributed by atoms with van der Waals surface area (Å²) in [6.07, 6.45) is 3.52. The number of aromatic nitrogens is 5. The molecule has 0 saturated carbocycles. The van der Waals surface area contributed by atoms with Crippen LogP contribution in [0.2, 0.25) is 0 Å². The van der Waals surface area contributed by atoms with E-state index in [2.05, 4.69) is 53.4 Å². The van der Waals surface area contributed by atoms with Gasteiger partial charge in [0.05, 0.1) is 29.0 Å². The summed E-state index contributed by atoms with van der Waals surface area (Å²) in [5.41, 5.74) is 11.8. The van der Waals surface area contributed by atoms with Crippen molar-refractivity contribution in [3.05, 3.63) is 65.1 Å². The Bertz CT molecular complexity index is 1340. The summed E-state index contributed by atoms with van der Waals surface area (Å²) in [7, 11) is 3.94. The van der Waals surface area contributed by atoms with Gasteiger partial charge in [-0.2, -0.15) is 10.2 Å². The van der Waals surface area contributed by atoms with Gasteiger partial charge >= 0.3 is 0 Å². The average molecular weight is 475 g/mol. The third kappa shape index (κ3) is 5.26. The first-order valence-electron chi connectivity index (χ1n) is 11.9. The highest BCUT2D eigenvalue weighted by Gasteiger charge is 2.19. The third-order valence-corrected chi connectivity index (χ3v) is 6.26. The van der Waals surface area contributed by atoms with Crippen LogP contribution in [-0.4, -0.2) is 55.5 Å². The topological polar surface area (TPSA) is 107 Å². The number of hydrogen-bond acceptors (Lipinski definition) is 6. The highest BCUT2D eigenvalue weighted by atomic mass is 16.1. The monoisotopic (exact) mass is 474 g/mol. The summed E-state index contributed by atoms with van der Waals surface area (Å²) < 4.78 is 3.66. The highest BCUT2D eigenvalue weighted by molar-refractivity contribution is 6.06. The van der Waals surface area contributed by atoms with Gasteiger partial charge in [-0.25, -0.2) is 9.67 Å². The number of carbonyl (C=O) groups excluding carboxylic acids is 1. The smallest absolute Gasteiger partial charge is 0.252 e. The Labute approximate surface area is 205 Å². The van der Waals surface area contributed by atoms with Gasteiger partial charge in [0, 0.05) is 56.1 Å². The van der Waals surface area contributed by atoms with E-state index in [0.29, 0.717) is 24.3 Å². The maximum atomic E-state index is 13.4. The first-order chi connectivity index (χ1) is 16.8. The molecule has 9 heteroatoms. The number of aryl methyl sites for hydroxylation is 1. The normalized spacial score (nSPS) is 11.7. The van der Waals surface area contributed by atoms with E-state index in [1.807, 2.05) is 36.9 Å². The molecule has 0 aliphatic carbocycles. The van der Waals surface area contributed by atoms with E-state index in [1.165, 1.54) is 0 Å². The first-order valence-corrected chi connectivity index (χ1v) is 11.9. The Morgan fingerprint density at radius 2 is 2.00 bits per heavy atom. The minimum atomic E-state index is -0.163. The van der Waals surface area contributed by atoms with Crippen LogP contribution < -0.4 is 11.1 Å². The Kier molecular flexibility index (Phi) is 7.28. The van der Waals surface area contributed by atoms with Crippen molar-refractivity contribution in [1.82, 2.24) is 34.8 Å². The Morgan fingerprint density at radius 1 is 1.20 bits per heavy atom. The molecule has 3 aromatic heterocycles. The average Bonchev–Trinajstić information content (AvgIpc) is 3.40. The molecule has 4 aromatic rings. The number of nitrogens with two attached hydrogens (primary N) is 1. The van der Waals surface area contributed by atoms with Crippen LogP contribution in [0.4, 0.5) is 0 Å². The van der Waals surface area contributed by atoms with Gasteiger partial charge in [0.1, 0.15) is 0 Å². The molecular formula is C26H34N8O. The molecular weight excluding hydrogens is 440 g/mol. The number of rotatable bonds is 9. The molecule has 4 rings (SSSR count). The van der Waals surface area contributed by atoms with Crippen molar-refractivity contribution in [2.75, 3.05) is 20.1 Å². The molecule has 3 heterocycles. The third-order valence-electron chi connectivity index (χ3n) is 6.26. The highest BCUT2D eigenvalue weighted by Crippen LogP contribution is 2.27. The van der Waals surface area contributed by atoms with Crippen LogP contribution in [0.15, 0.2) is 42.7 Å². The lowest BCUT2D eigenvalue weighted by Crippen LogP contribution is -2.24. The van der Waals surface area contributed by atoms with Gasteiger partial charge in [-0.1, -0.05) is 18.2 Å². The van der Waals surface area contributed by atoms with E-state index in [-0.39, 0.29) is 11.9 Å². The zero-order valence-corrected chi connectivity index (χ0v) is 21.1. The number of fused-ring (bicyclic) bond motifs is 1. The molecule has 184 valence electrons. The van der Waals surface area contributed by atoms with Crippen LogP contribution in [0.5, 0.6) is 0 Å². The van der Waals surface area contributed by atoms with Crippen molar-refractivity contribution in [1.29, 1.82) is 0 Å². The van der Waals surface area contributed by atoms with E-state index < -0.39 is 0 Å². The van der Waals surface area contributed by atoms with E-state index >= 15 is 0 Å². The molecule has 0 saturated heterocycles. The number of amides is 1. The molecule has 0 aliphatic heterocycles. The number of carbonyl (C=O) groups is 1. The van der Waals surface area contributed by atoms with Crippen molar-refractivity contribution in [2.24, 2.45) is 12.8 Å². The fourth-order valence-electron chi connectivity index (χ4n) is 4.16. The summed E-state index contributed by atoms with van der Waals surface area (Å²) in [6, 6.07) is 10.2. The van der Waals surface area contributed by atoms with Gasteiger partial charge in [0.2, 0.25) is 0 Å². The maximum absolute atomic E-state index is 13.4. The Balaban J connectivity index is 1.71. The van der Waals surface area contributed by atoms with Gasteiger partial charge in [-0.15, -0.1) is 0 Å². The molecule has 0 fully saturated rings. The molecule has 9 nitrogen and oxygen atoms in total. The largest absolute Gasteiger partial charge is 0.348 e. The van der Waals surface area contributed by atoms with Crippen molar-refractivity contribution in [3.8, 4) is 11.3 Å². The van der Waals surface area contributed by atoms with Crippen molar-refractivity contribution < 1.29 is 4.79 Å². The van der Waals surface area contributed by atoms with Crippen LogP contribution in [0.1, 0.15) is 47.1 Å². The summed E-state index contributed by atoms with van der Waals surface area (Å²) in [5, 5.41) is 12.6. The lowest BCUT2D eigenvalue weighted by Gasteiger charge is -2.16. The zero-order chi connectivity index (χ0) is 25.1. The summed E-state index contributed by atoms with van der Waals surface area (Å²) in [5.74, 6) is -0.163. The van der Waals surface area contributed by atoms with Gasteiger partial charge in [0.25, 0.3) is 5.91 Å². The number of nitrogens with zero attached hydrogens (tertiary/aromatic N) is 6. The SMILES string of the molecule is Cc1c(CNC(=O)c2cc(-c3cccc(CN(C)CCN)c3)nc3c2cnn3C(C)C)cnn1C. The second kappa shape index (κ2) is 10.4.